The molecule has 0 saturated carbocycles. The van der Waals surface area contributed by atoms with E-state index in [-0.39, 0.29) is 18.4 Å². The van der Waals surface area contributed by atoms with E-state index in [4.69, 9.17) is 9.94 Å². The van der Waals surface area contributed by atoms with Crippen molar-refractivity contribution in [3.05, 3.63) is 59.7 Å². The first kappa shape index (κ1) is 21.4. The number of carbonyl (C=O) groups excluding carboxylic acids is 2. The van der Waals surface area contributed by atoms with Crippen LogP contribution in [0.4, 0.5) is 0 Å². The molecule has 150 valence electrons. The van der Waals surface area contributed by atoms with Gasteiger partial charge in [-0.25, -0.2) is 5.48 Å². The highest BCUT2D eigenvalue weighted by molar-refractivity contribution is 5.81. The molecule has 0 spiro atoms. The van der Waals surface area contributed by atoms with Crippen molar-refractivity contribution in [2.75, 3.05) is 21.1 Å². The van der Waals surface area contributed by atoms with Gasteiger partial charge in [0.25, 0.3) is 0 Å². The number of aryl methyl sites for hydroxylation is 1. The van der Waals surface area contributed by atoms with E-state index in [9.17, 15) is 9.59 Å². The summed E-state index contributed by atoms with van der Waals surface area (Å²) in [6.45, 7) is 0. The van der Waals surface area contributed by atoms with Crippen molar-refractivity contribution in [1.82, 2.24) is 15.7 Å². The topological polar surface area (TPSA) is 90.9 Å². The van der Waals surface area contributed by atoms with Gasteiger partial charge in [-0.2, -0.15) is 0 Å². The lowest BCUT2D eigenvalue weighted by atomic mass is 10.0. The van der Waals surface area contributed by atoms with Gasteiger partial charge in [-0.3, -0.25) is 14.8 Å². The standard InChI is InChI=1S/C21H27N3O4/c1-22-19(21(26)24(2)3)14-16-6-11-18(12-7-16)28-17-9-4-15(5-10-17)8-13-20(25)23-27/h4-7,9-12,19,22,27H,8,13-14H2,1-3H3,(H,23,25)/t19-/m1/s1. The maximum Gasteiger partial charge on any atom is 0.243 e. The average Bonchev–Trinajstić information content (AvgIpc) is 2.71. The molecule has 0 aliphatic heterocycles. The number of amides is 2. The van der Waals surface area contributed by atoms with Gasteiger partial charge in [0.15, 0.2) is 0 Å². The molecule has 1 atom stereocenters. The number of benzene rings is 2. The Labute approximate surface area is 165 Å². The Kier molecular flexibility index (Phi) is 7.98. The molecule has 2 aromatic rings. The van der Waals surface area contributed by atoms with Crippen molar-refractivity contribution in [2.45, 2.75) is 25.3 Å². The predicted octanol–water partition coefficient (Wildman–Crippen LogP) is 2.14. The summed E-state index contributed by atoms with van der Waals surface area (Å²) < 4.78 is 5.84. The fourth-order valence-electron chi connectivity index (χ4n) is 2.73. The largest absolute Gasteiger partial charge is 0.457 e. The molecule has 0 aromatic heterocycles. The normalized spacial score (nSPS) is 11.6. The third-order valence-corrected chi connectivity index (χ3v) is 4.38. The smallest absolute Gasteiger partial charge is 0.243 e. The number of likely N-dealkylation sites (N-methyl/N-ethyl adjacent to an activating group) is 2. The van der Waals surface area contributed by atoms with Gasteiger partial charge in [0.1, 0.15) is 11.5 Å². The maximum absolute atomic E-state index is 12.1. The van der Waals surface area contributed by atoms with Crippen LogP contribution in [-0.2, 0) is 22.4 Å². The van der Waals surface area contributed by atoms with Crippen LogP contribution in [0.5, 0.6) is 11.5 Å². The minimum absolute atomic E-state index is 0.0411. The Morgan fingerprint density at radius 1 is 1.00 bits per heavy atom. The number of nitrogens with one attached hydrogen (secondary N) is 2. The van der Waals surface area contributed by atoms with Crippen LogP contribution in [0.15, 0.2) is 48.5 Å². The van der Waals surface area contributed by atoms with Crippen LogP contribution in [0.25, 0.3) is 0 Å². The zero-order valence-corrected chi connectivity index (χ0v) is 16.4. The first-order valence-electron chi connectivity index (χ1n) is 9.10. The van der Waals surface area contributed by atoms with Gasteiger partial charge in [0.05, 0.1) is 6.04 Å². The summed E-state index contributed by atoms with van der Waals surface area (Å²) in [5, 5.41) is 11.6. The lowest BCUT2D eigenvalue weighted by molar-refractivity contribution is -0.131. The van der Waals surface area contributed by atoms with Gasteiger partial charge in [-0.1, -0.05) is 24.3 Å². The molecule has 2 amide bonds. The number of ether oxygens (including phenoxy) is 1. The van der Waals surface area contributed by atoms with Crippen LogP contribution in [0.2, 0.25) is 0 Å². The van der Waals surface area contributed by atoms with E-state index in [1.54, 1.807) is 31.5 Å². The molecule has 7 nitrogen and oxygen atoms in total. The lowest BCUT2D eigenvalue weighted by Gasteiger charge is -2.20. The summed E-state index contributed by atoms with van der Waals surface area (Å²) in [6.07, 6.45) is 1.37. The molecule has 0 bridgehead atoms. The van der Waals surface area contributed by atoms with Crippen LogP contribution in [0, 0.1) is 0 Å². The van der Waals surface area contributed by atoms with Crippen molar-refractivity contribution in [1.29, 1.82) is 0 Å². The molecule has 2 aromatic carbocycles. The number of hydrogen-bond donors (Lipinski definition) is 3. The third kappa shape index (κ3) is 6.37. The van der Waals surface area contributed by atoms with E-state index >= 15 is 0 Å². The molecule has 0 saturated heterocycles. The fourth-order valence-corrected chi connectivity index (χ4v) is 2.73. The second-order valence-electron chi connectivity index (χ2n) is 6.70. The predicted molar refractivity (Wildman–Crippen MR) is 106 cm³/mol. The lowest BCUT2D eigenvalue weighted by Crippen LogP contribution is -2.43. The quantitative estimate of drug-likeness (QED) is 0.454. The molecular weight excluding hydrogens is 358 g/mol. The molecule has 0 heterocycles. The first-order valence-corrected chi connectivity index (χ1v) is 9.10. The number of rotatable bonds is 9. The van der Waals surface area contributed by atoms with Gasteiger partial charge in [-0.05, 0) is 55.3 Å². The molecule has 0 unspecified atom stereocenters. The highest BCUT2D eigenvalue weighted by atomic mass is 16.5. The second-order valence-corrected chi connectivity index (χ2v) is 6.70. The van der Waals surface area contributed by atoms with Crippen LogP contribution in [0.3, 0.4) is 0 Å². The third-order valence-electron chi connectivity index (χ3n) is 4.38. The Bertz CT molecular complexity index is 773. The van der Waals surface area contributed by atoms with Gasteiger partial charge in [0, 0.05) is 20.5 Å². The summed E-state index contributed by atoms with van der Waals surface area (Å²) >= 11 is 0. The van der Waals surface area contributed by atoms with Crippen molar-refractivity contribution in [3.8, 4) is 11.5 Å². The fraction of sp³-hybridized carbons (Fsp3) is 0.333. The molecule has 0 aliphatic carbocycles. The number of hydrogen-bond acceptors (Lipinski definition) is 5. The molecule has 2 rings (SSSR count). The number of nitrogens with zero attached hydrogens (tertiary/aromatic N) is 1. The summed E-state index contributed by atoms with van der Waals surface area (Å²) in [4.78, 5) is 24.8. The summed E-state index contributed by atoms with van der Waals surface area (Å²) in [6, 6.07) is 14.8. The second kappa shape index (κ2) is 10.4. The molecule has 0 radical (unpaired) electrons. The van der Waals surface area contributed by atoms with E-state index in [0.29, 0.717) is 24.3 Å². The van der Waals surface area contributed by atoms with Gasteiger partial charge >= 0.3 is 0 Å². The average molecular weight is 385 g/mol. The van der Waals surface area contributed by atoms with Crippen molar-refractivity contribution in [2.24, 2.45) is 0 Å². The molecule has 3 N–H and O–H groups in total. The van der Waals surface area contributed by atoms with Crippen molar-refractivity contribution in [3.63, 3.8) is 0 Å². The monoisotopic (exact) mass is 385 g/mol. The van der Waals surface area contributed by atoms with Crippen molar-refractivity contribution < 1.29 is 19.5 Å². The summed E-state index contributed by atoms with van der Waals surface area (Å²) in [7, 11) is 5.27. The van der Waals surface area contributed by atoms with Crippen LogP contribution in [-0.4, -0.2) is 49.1 Å². The van der Waals surface area contributed by atoms with E-state index in [1.165, 1.54) is 0 Å². The summed E-state index contributed by atoms with van der Waals surface area (Å²) in [5.41, 5.74) is 3.64. The zero-order valence-electron chi connectivity index (χ0n) is 16.4. The van der Waals surface area contributed by atoms with Gasteiger partial charge < -0.3 is 15.0 Å². The Balaban J connectivity index is 1.93. The molecule has 0 fully saturated rings. The first-order chi connectivity index (χ1) is 13.4. The van der Waals surface area contributed by atoms with Crippen LogP contribution < -0.4 is 15.5 Å². The zero-order chi connectivity index (χ0) is 20.5. The molecule has 0 aliphatic rings. The highest BCUT2D eigenvalue weighted by Crippen LogP contribution is 2.23. The Hall–Kier alpha value is -2.90. The summed E-state index contributed by atoms with van der Waals surface area (Å²) in [5.74, 6) is 1.03. The van der Waals surface area contributed by atoms with Crippen LogP contribution in [0.1, 0.15) is 17.5 Å². The van der Waals surface area contributed by atoms with Crippen LogP contribution >= 0.6 is 0 Å². The van der Waals surface area contributed by atoms with E-state index < -0.39 is 5.91 Å². The number of hydroxylamine groups is 1. The van der Waals surface area contributed by atoms with E-state index in [0.717, 1.165) is 11.1 Å². The minimum atomic E-state index is -0.409. The van der Waals surface area contributed by atoms with Gasteiger partial charge in [0.2, 0.25) is 11.8 Å². The van der Waals surface area contributed by atoms with Gasteiger partial charge in [-0.15, -0.1) is 0 Å². The van der Waals surface area contributed by atoms with Crippen molar-refractivity contribution >= 4 is 11.8 Å². The molecular formula is C21H27N3O4. The SMILES string of the molecule is CN[C@H](Cc1ccc(Oc2ccc(CCC(=O)NO)cc2)cc1)C(=O)N(C)C. The Morgan fingerprint density at radius 3 is 2.00 bits per heavy atom. The highest BCUT2D eigenvalue weighted by Gasteiger charge is 2.18. The maximum atomic E-state index is 12.1. The number of carbonyl (C=O) groups is 2. The van der Waals surface area contributed by atoms with E-state index in [1.807, 2.05) is 48.5 Å². The Morgan fingerprint density at radius 2 is 1.54 bits per heavy atom. The molecule has 28 heavy (non-hydrogen) atoms. The molecule has 7 heteroatoms. The van der Waals surface area contributed by atoms with E-state index in [2.05, 4.69) is 5.32 Å². The minimum Gasteiger partial charge on any atom is -0.457 e.